The van der Waals surface area contributed by atoms with Crippen molar-refractivity contribution >= 4 is 5.91 Å². The van der Waals surface area contributed by atoms with Crippen LogP contribution in [0.4, 0.5) is 0 Å². The van der Waals surface area contributed by atoms with Crippen LogP contribution in [0.15, 0.2) is 72.9 Å². The molecule has 1 unspecified atom stereocenters. The van der Waals surface area contributed by atoms with Gasteiger partial charge in [-0.05, 0) is 54.6 Å². The minimum atomic E-state index is -0.499. The Morgan fingerprint density at radius 3 is 2.53 bits per heavy atom. The van der Waals surface area contributed by atoms with Crippen molar-refractivity contribution in [1.29, 1.82) is 0 Å². The van der Waals surface area contributed by atoms with Crippen molar-refractivity contribution in [2.75, 3.05) is 13.1 Å². The molecule has 2 N–H and O–H groups in total. The number of pyridine rings is 1. The number of carbonyl (C=O) groups is 1. The fourth-order valence-corrected chi connectivity index (χ4v) is 3.99. The maximum Gasteiger partial charge on any atom is 0.250 e. The molecule has 0 bridgehead atoms. The van der Waals surface area contributed by atoms with Crippen LogP contribution in [0.25, 0.3) is 0 Å². The van der Waals surface area contributed by atoms with Gasteiger partial charge >= 0.3 is 0 Å². The van der Waals surface area contributed by atoms with Crippen LogP contribution in [0.2, 0.25) is 0 Å². The first-order valence-electron chi connectivity index (χ1n) is 10.5. The summed E-state index contributed by atoms with van der Waals surface area (Å²) < 4.78 is 5.78. The van der Waals surface area contributed by atoms with Gasteiger partial charge in [-0.1, -0.05) is 48.9 Å². The number of amides is 1. The van der Waals surface area contributed by atoms with E-state index in [1.165, 1.54) is 36.6 Å². The molecule has 5 nitrogen and oxygen atoms in total. The molecule has 4 rings (SSSR count). The third-order valence-corrected chi connectivity index (χ3v) is 5.60. The van der Waals surface area contributed by atoms with E-state index in [1.54, 1.807) is 12.1 Å². The van der Waals surface area contributed by atoms with Crippen LogP contribution in [-0.4, -0.2) is 28.9 Å². The number of aromatic nitrogens is 1. The number of nitrogens with two attached hydrogens (primary N) is 1. The molecule has 2 heterocycles. The number of benzene rings is 2. The lowest BCUT2D eigenvalue weighted by atomic mass is 9.94. The van der Waals surface area contributed by atoms with Gasteiger partial charge in [0.15, 0.2) is 0 Å². The van der Waals surface area contributed by atoms with E-state index in [2.05, 4.69) is 52.3 Å². The van der Waals surface area contributed by atoms with Crippen LogP contribution in [0.1, 0.15) is 46.7 Å². The average Bonchev–Trinajstić information content (AvgIpc) is 3.02. The summed E-state index contributed by atoms with van der Waals surface area (Å²) in [5.74, 6) is 1.26. The molecule has 5 heteroatoms. The van der Waals surface area contributed by atoms with E-state index in [1.807, 2.05) is 12.1 Å². The van der Waals surface area contributed by atoms with Gasteiger partial charge in [-0.2, -0.15) is 0 Å². The van der Waals surface area contributed by atoms with E-state index in [9.17, 15) is 4.79 Å². The van der Waals surface area contributed by atoms with Gasteiger partial charge in [-0.15, -0.1) is 0 Å². The molecular formula is C25H27N3O2. The maximum atomic E-state index is 11.1. The molecule has 0 saturated carbocycles. The number of hydrogen-bond donors (Lipinski definition) is 1. The highest BCUT2D eigenvalue weighted by atomic mass is 16.5. The van der Waals surface area contributed by atoms with Gasteiger partial charge in [0, 0.05) is 25.4 Å². The molecule has 1 aliphatic heterocycles. The molecule has 1 saturated heterocycles. The Hall–Kier alpha value is -3.18. The summed E-state index contributed by atoms with van der Waals surface area (Å²) in [6.07, 6.45) is 5.21. The summed E-state index contributed by atoms with van der Waals surface area (Å²) >= 11 is 0. The van der Waals surface area contributed by atoms with Gasteiger partial charge in [-0.25, -0.2) is 4.98 Å². The van der Waals surface area contributed by atoms with Crippen LogP contribution >= 0.6 is 0 Å². The first-order valence-corrected chi connectivity index (χ1v) is 10.5. The SMILES string of the molecule is NC(=O)c1ccc(Oc2ccc(CN3CCCCC(c4ccccc4)C3)cc2)nc1. The number of primary amides is 1. The topological polar surface area (TPSA) is 68.5 Å². The molecule has 0 spiro atoms. The summed E-state index contributed by atoms with van der Waals surface area (Å²) in [5.41, 5.74) is 8.32. The largest absolute Gasteiger partial charge is 0.439 e. The van der Waals surface area contributed by atoms with Crippen LogP contribution < -0.4 is 10.5 Å². The lowest BCUT2D eigenvalue weighted by Crippen LogP contribution is -2.27. The summed E-state index contributed by atoms with van der Waals surface area (Å²) in [7, 11) is 0. The Labute approximate surface area is 177 Å². The number of rotatable bonds is 6. The van der Waals surface area contributed by atoms with Crippen molar-refractivity contribution in [2.24, 2.45) is 5.73 Å². The smallest absolute Gasteiger partial charge is 0.250 e. The summed E-state index contributed by atoms with van der Waals surface area (Å²) in [5, 5.41) is 0. The van der Waals surface area contributed by atoms with E-state index in [0.717, 1.165) is 25.4 Å². The van der Waals surface area contributed by atoms with E-state index in [0.29, 0.717) is 17.4 Å². The van der Waals surface area contributed by atoms with Gasteiger partial charge in [0.2, 0.25) is 11.8 Å². The molecule has 1 fully saturated rings. The molecule has 1 aromatic heterocycles. The third-order valence-electron chi connectivity index (χ3n) is 5.60. The molecule has 0 aliphatic carbocycles. The maximum absolute atomic E-state index is 11.1. The first kappa shape index (κ1) is 20.1. The van der Waals surface area contributed by atoms with Gasteiger partial charge < -0.3 is 10.5 Å². The lowest BCUT2D eigenvalue weighted by Gasteiger charge is -2.24. The van der Waals surface area contributed by atoms with Crippen LogP contribution in [0.3, 0.4) is 0 Å². The normalized spacial score (nSPS) is 17.3. The predicted octanol–water partition coefficient (Wildman–Crippen LogP) is 4.74. The van der Waals surface area contributed by atoms with Crippen molar-refractivity contribution in [1.82, 2.24) is 9.88 Å². The highest BCUT2D eigenvalue weighted by Gasteiger charge is 2.19. The second-order valence-electron chi connectivity index (χ2n) is 7.83. The molecular weight excluding hydrogens is 374 g/mol. The van der Waals surface area contributed by atoms with Crippen LogP contribution in [0, 0.1) is 0 Å². The second-order valence-corrected chi connectivity index (χ2v) is 7.83. The summed E-state index contributed by atoms with van der Waals surface area (Å²) in [6.45, 7) is 3.17. The lowest BCUT2D eigenvalue weighted by molar-refractivity contribution is 0.1000. The zero-order valence-corrected chi connectivity index (χ0v) is 17.0. The van der Waals surface area contributed by atoms with Crippen molar-refractivity contribution in [2.45, 2.75) is 31.7 Å². The highest BCUT2D eigenvalue weighted by Crippen LogP contribution is 2.27. The quantitative estimate of drug-likeness (QED) is 0.648. The summed E-state index contributed by atoms with van der Waals surface area (Å²) in [6, 6.07) is 22.3. The molecule has 1 atom stereocenters. The highest BCUT2D eigenvalue weighted by molar-refractivity contribution is 5.92. The number of nitrogens with zero attached hydrogens (tertiary/aromatic N) is 2. The standard InChI is InChI=1S/C25H27N3O2/c26-25(29)21-11-14-24(27-16-21)30-23-12-9-19(10-13-23)17-28-15-5-4-8-22(18-28)20-6-2-1-3-7-20/h1-3,6-7,9-14,16,22H,4-5,8,15,17-18H2,(H2,26,29). The molecule has 30 heavy (non-hydrogen) atoms. The van der Waals surface area contributed by atoms with Crippen molar-refractivity contribution in [3.8, 4) is 11.6 Å². The average molecular weight is 402 g/mol. The minimum absolute atomic E-state index is 0.365. The van der Waals surface area contributed by atoms with Gasteiger partial charge in [0.1, 0.15) is 5.75 Å². The Morgan fingerprint density at radius 2 is 1.83 bits per heavy atom. The predicted molar refractivity (Wildman–Crippen MR) is 118 cm³/mol. The Morgan fingerprint density at radius 1 is 1.03 bits per heavy atom. The molecule has 0 radical (unpaired) electrons. The van der Waals surface area contributed by atoms with Crippen LogP contribution in [-0.2, 0) is 6.54 Å². The van der Waals surface area contributed by atoms with Gasteiger partial charge in [0.05, 0.1) is 5.56 Å². The molecule has 154 valence electrons. The van der Waals surface area contributed by atoms with E-state index < -0.39 is 5.91 Å². The van der Waals surface area contributed by atoms with Crippen molar-refractivity contribution in [3.63, 3.8) is 0 Å². The fourth-order valence-electron chi connectivity index (χ4n) is 3.99. The summed E-state index contributed by atoms with van der Waals surface area (Å²) in [4.78, 5) is 17.8. The van der Waals surface area contributed by atoms with E-state index >= 15 is 0 Å². The van der Waals surface area contributed by atoms with Crippen molar-refractivity contribution in [3.05, 3.63) is 89.6 Å². The minimum Gasteiger partial charge on any atom is -0.439 e. The van der Waals surface area contributed by atoms with Crippen LogP contribution in [0.5, 0.6) is 11.6 Å². The van der Waals surface area contributed by atoms with E-state index in [4.69, 9.17) is 10.5 Å². The zero-order chi connectivity index (χ0) is 20.8. The monoisotopic (exact) mass is 401 g/mol. The number of ether oxygens (including phenoxy) is 1. The first-order chi connectivity index (χ1) is 14.7. The third kappa shape index (κ3) is 5.24. The molecule has 3 aromatic rings. The number of likely N-dealkylation sites (tertiary alicyclic amines) is 1. The molecule has 1 amide bonds. The van der Waals surface area contributed by atoms with E-state index in [-0.39, 0.29) is 0 Å². The molecule has 2 aromatic carbocycles. The van der Waals surface area contributed by atoms with Gasteiger partial charge in [-0.3, -0.25) is 9.69 Å². The Balaban J connectivity index is 1.37. The molecule has 1 aliphatic rings. The zero-order valence-electron chi connectivity index (χ0n) is 17.0. The van der Waals surface area contributed by atoms with Crippen molar-refractivity contribution < 1.29 is 9.53 Å². The van der Waals surface area contributed by atoms with Gasteiger partial charge in [0.25, 0.3) is 0 Å². The Bertz CT molecular complexity index is 956. The number of carbonyl (C=O) groups excluding carboxylic acids is 1. The Kier molecular flexibility index (Phi) is 6.40. The fraction of sp³-hybridized carbons (Fsp3) is 0.280. The number of hydrogen-bond acceptors (Lipinski definition) is 4. The second kappa shape index (κ2) is 9.55.